The van der Waals surface area contributed by atoms with E-state index >= 15 is 0 Å². The molecule has 2 rings (SSSR count). The Balaban J connectivity index is 1.84. The molecule has 1 aromatic rings. The third kappa shape index (κ3) is 3.04. The van der Waals surface area contributed by atoms with Gasteiger partial charge in [0.1, 0.15) is 0 Å². The van der Waals surface area contributed by atoms with Gasteiger partial charge in [0, 0.05) is 24.9 Å². The van der Waals surface area contributed by atoms with Crippen LogP contribution in [-0.4, -0.2) is 29.7 Å². The van der Waals surface area contributed by atoms with Gasteiger partial charge < -0.3 is 10.1 Å². The molecule has 0 aromatic carbocycles. The molecule has 0 amide bonds. The van der Waals surface area contributed by atoms with E-state index in [0.717, 1.165) is 13.1 Å². The number of nitrogens with zero attached hydrogens (tertiary/aromatic N) is 2. The van der Waals surface area contributed by atoms with Crippen molar-refractivity contribution < 1.29 is 4.74 Å². The summed E-state index contributed by atoms with van der Waals surface area (Å²) in [6.07, 6.45) is 5.55. The number of rotatable bonds is 3. The molecule has 5 heteroatoms. The molecule has 1 aliphatic rings. The molecule has 0 spiro atoms. The van der Waals surface area contributed by atoms with Crippen LogP contribution >= 0.6 is 11.6 Å². The number of halogens is 1. The first-order valence-electron chi connectivity index (χ1n) is 5.16. The molecule has 82 valence electrons. The largest absolute Gasteiger partial charge is 0.475 e. The lowest BCUT2D eigenvalue weighted by Crippen LogP contribution is -2.33. The molecule has 1 fully saturated rings. The minimum atomic E-state index is 0.335. The SMILES string of the molecule is Clc1nccnc1OCC1CCCNC1. The van der Waals surface area contributed by atoms with Gasteiger partial charge >= 0.3 is 0 Å². The molecule has 2 heterocycles. The first-order chi connectivity index (χ1) is 7.36. The van der Waals surface area contributed by atoms with Gasteiger partial charge in [0.25, 0.3) is 5.88 Å². The Morgan fingerprint density at radius 1 is 1.47 bits per heavy atom. The van der Waals surface area contributed by atoms with Crippen molar-refractivity contribution in [2.24, 2.45) is 5.92 Å². The van der Waals surface area contributed by atoms with Crippen LogP contribution in [0.25, 0.3) is 0 Å². The van der Waals surface area contributed by atoms with Crippen molar-refractivity contribution in [3.63, 3.8) is 0 Å². The second kappa shape index (κ2) is 5.28. The molecule has 0 aliphatic carbocycles. The number of piperidine rings is 1. The zero-order chi connectivity index (χ0) is 10.5. The number of nitrogens with one attached hydrogen (secondary N) is 1. The topological polar surface area (TPSA) is 47.0 Å². The normalized spacial score (nSPS) is 21.3. The highest BCUT2D eigenvalue weighted by molar-refractivity contribution is 6.30. The van der Waals surface area contributed by atoms with E-state index in [1.165, 1.54) is 12.8 Å². The molecule has 1 aromatic heterocycles. The quantitative estimate of drug-likeness (QED) is 0.851. The zero-order valence-electron chi connectivity index (χ0n) is 8.45. The van der Waals surface area contributed by atoms with E-state index in [2.05, 4.69) is 15.3 Å². The average molecular weight is 228 g/mol. The molecule has 0 radical (unpaired) electrons. The Bertz CT molecular complexity index is 315. The Morgan fingerprint density at radius 3 is 3.07 bits per heavy atom. The zero-order valence-corrected chi connectivity index (χ0v) is 9.20. The van der Waals surface area contributed by atoms with E-state index in [1.807, 2.05) is 0 Å². The van der Waals surface area contributed by atoms with Gasteiger partial charge in [0.15, 0.2) is 5.15 Å². The number of aromatic nitrogens is 2. The van der Waals surface area contributed by atoms with Gasteiger partial charge in [-0.1, -0.05) is 11.6 Å². The van der Waals surface area contributed by atoms with Gasteiger partial charge in [-0.3, -0.25) is 0 Å². The Kier molecular flexibility index (Phi) is 3.75. The molecule has 15 heavy (non-hydrogen) atoms. The van der Waals surface area contributed by atoms with Crippen LogP contribution in [-0.2, 0) is 0 Å². The average Bonchev–Trinajstić information content (AvgIpc) is 2.29. The van der Waals surface area contributed by atoms with Gasteiger partial charge in [0.05, 0.1) is 6.61 Å². The standard InChI is InChI=1S/C10H14ClN3O/c11-9-10(14-5-4-13-9)15-7-8-2-1-3-12-6-8/h4-5,8,12H,1-3,6-7H2. The van der Waals surface area contributed by atoms with Gasteiger partial charge in [-0.2, -0.15) is 0 Å². The van der Waals surface area contributed by atoms with Crippen LogP contribution in [0.3, 0.4) is 0 Å². The first kappa shape index (κ1) is 10.6. The Hall–Kier alpha value is -0.870. The van der Waals surface area contributed by atoms with Crippen molar-refractivity contribution in [1.29, 1.82) is 0 Å². The number of hydrogen-bond acceptors (Lipinski definition) is 4. The van der Waals surface area contributed by atoms with Crippen molar-refractivity contribution >= 4 is 11.6 Å². The van der Waals surface area contributed by atoms with Gasteiger partial charge in [0.2, 0.25) is 0 Å². The lowest BCUT2D eigenvalue weighted by atomic mass is 10.0. The highest BCUT2D eigenvalue weighted by atomic mass is 35.5. The van der Waals surface area contributed by atoms with Crippen LogP contribution in [0, 0.1) is 5.92 Å². The smallest absolute Gasteiger partial charge is 0.252 e. The summed E-state index contributed by atoms with van der Waals surface area (Å²) in [5.41, 5.74) is 0. The van der Waals surface area contributed by atoms with Crippen molar-refractivity contribution in [3.05, 3.63) is 17.5 Å². The van der Waals surface area contributed by atoms with Crippen LogP contribution in [0.1, 0.15) is 12.8 Å². The summed E-state index contributed by atoms with van der Waals surface area (Å²) in [6, 6.07) is 0. The maximum absolute atomic E-state index is 5.83. The fourth-order valence-corrected chi connectivity index (χ4v) is 1.83. The summed E-state index contributed by atoms with van der Waals surface area (Å²) in [6.45, 7) is 2.78. The molecule has 0 bridgehead atoms. The Morgan fingerprint density at radius 2 is 2.33 bits per heavy atom. The summed E-state index contributed by atoms with van der Waals surface area (Å²) in [7, 11) is 0. The molecule has 0 saturated carbocycles. The summed E-state index contributed by atoms with van der Waals surface area (Å²) in [5, 5.41) is 3.67. The monoisotopic (exact) mass is 227 g/mol. The molecule has 1 saturated heterocycles. The summed E-state index contributed by atoms with van der Waals surface area (Å²) < 4.78 is 5.53. The predicted octanol–water partition coefficient (Wildman–Crippen LogP) is 1.51. The maximum Gasteiger partial charge on any atom is 0.252 e. The summed E-state index contributed by atoms with van der Waals surface area (Å²) >= 11 is 5.83. The van der Waals surface area contributed by atoms with Gasteiger partial charge in [-0.25, -0.2) is 9.97 Å². The molecule has 1 N–H and O–H groups in total. The molecule has 1 unspecified atom stereocenters. The molecule has 1 atom stereocenters. The van der Waals surface area contributed by atoms with E-state index < -0.39 is 0 Å². The lowest BCUT2D eigenvalue weighted by Gasteiger charge is -2.22. The predicted molar refractivity (Wildman–Crippen MR) is 58.1 cm³/mol. The van der Waals surface area contributed by atoms with Crippen LogP contribution in [0.5, 0.6) is 5.88 Å². The van der Waals surface area contributed by atoms with Crippen molar-refractivity contribution in [2.45, 2.75) is 12.8 Å². The fraction of sp³-hybridized carbons (Fsp3) is 0.600. The maximum atomic E-state index is 5.83. The van der Waals surface area contributed by atoms with Crippen LogP contribution < -0.4 is 10.1 Å². The van der Waals surface area contributed by atoms with Crippen LogP contribution in [0.4, 0.5) is 0 Å². The van der Waals surface area contributed by atoms with E-state index in [0.29, 0.717) is 23.6 Å². The van der Waals surface area contributed by atoms with E-state index in [4.69, 9.17) is 16.3 Å². The molecular weight excluding hydrogens is 214 g/mol. The summed E-state index contributed by atoms with van der Waals surface area (Å²) in [5.74, 6) is 0.988. The Labute approximate surface area is 94.0 Å². The third-order valence-electron chi connectivity index (χ3n) is 2.48. The first-order valence-corrected chi connectivity index (χ1v) is 5.54. The summed E-state index contributed by atoms with van der Waals surface area (Å²) in [4.78, 5) is 7.93. The van der Waals surface area contributed by atoms with Crippen molar-refractivity contribution in [1.82, 2.24) is 15.3 Å². The third-order valence-corrected chi connectivity index (χ3v) is 2.74. The van der Waals surface area contributed by atoms with Gasteiger partial charge in [-0.15, -0.1) is 0 Å². The number of hydrogen-bond donors (Lipinski definition) is 1. The van der Waals surface area contributed by atoms with E-state index in [-0.39, 0.29) is 0 Å². The molecule has 1 aliphatic heterocycles. The highest BCUT2D eigenvalue weighted by Gasteiger charge is 2.14. The van der Waals surface area contributed by atoms with E-state index in [1.54, 1.807) is 12.4 Å². The van der Waals surface area contributed by atoms with E-state index in [9.17, 15) is 0 Å². The minimum Gasteiger partial charge on any atom is -0.475 e. The van der Waals surface area contributed by atoms with Crippen molar-refractivity contribution in [3.8, 4) is 5.88 Å². The second-order valence-electron chi connectivity index (χ2n) is 3.68. The molecule has 4 nitrogen and oxygen atoms in total. The highest BCUT2D eigenvalue weighted by Crippen LogP contribution is 2.19. The lowest BCUT2D eigenvalue weighted by molar-refractivity contribution is 0.211. The molecular formula is C10H14ClN3O. The number of ether oxygens (including phenoxy) is 1. The van der Waals surface area contributed by atoms with Crippen LogP contribution in [0.2, 0.25) is 5.15 Å². The van der Waals surface area contributed by atoms with Crippen molar-refractivity contribution in [2.75, 3.05) is 19.7 Å². The second-order valence-corrected chi connectivity index (χ2v) is 4.03. The van der Waals surface area contributed by atoms with Crippen LogP contribution in [0.15, 0.2) is 12.4 Å². The minimum absolute atomic E-state index is 0.335. The fourth-order valence-electron chi connectivity index (χ4n) is 1.67. The van der Waals surface area contributed by atoms with Gasteiger partial charge in [-0.05, 0) is 19.4 Å².